The Bertz CT molecular complexity index is 857. The summed E-state index contributed by atoms with van der Waals surface area (Å²) in [5, 5.41) is 3.62. The standard InChI is InChI=1S/C24H31N3/c1-18-22(13-14-23-24(18)27-17-26-23)21-11-9-20(10-12-21)16-25-15-5-8-19-6-3-2-4-7-19/h9-14,17,19,25H,2-8,15-16H2,1H3,(H,26,27). The molecule has 0 amide bonds. The summed E-state index contributed by atoms with van der Waals surface area (Å²) >= 11 is 0. The summed E-state index contributed by atoms with van der Waals surface area (Å²) in [5.41, 5.74) is 7.29. The molecule has 1 aliphatic carbocycles. The first-order valence-corrected chi connectivity index (χ1v) is 10.5. The largest absolute Gasteiger partial charge is 0.345 e. The molecule has 3 nitrogen and oxygen atoms in total. The number of imidazole rings is 1. The van der Waals surface area contributed by atoms with Crippen LogP contribution in [0.5, 0.6) is 0 Å². The molecule has 1 saturated carbocycles. The first kappa shape index (κ1) is 18.2. The molecule has 0 aliphatic heterocycles. The summed E-state index contributed by atoms with van der Waals surface area (Å²) in [7, 11) is 0. The van der Waals surface area contributed by atoms with Crippen LogP contribution in [0.3, 0.4) is 0 Å². The number of hydrogen-bond donors (Lipinski definition) is 2. The molecular weight excluding hydrogens is 330 g/mol. The fourth-order valence-electron chi connectivity index (χ4n) is 4.49. The number of rotatable bonds is 7. The van der Waals surface area contributed by atoms with Gasteiger partial charge in [-0.3, -0.25) is 0 Å². The molecule has 1 fully saturated rings. The molecule has 0 saturated heterocycles. The van der Waals surface area contributed by atoms with Gasteiger partial charge in [0.25, 0.3) is 0 Å². The molecule has 0 unspecified atom stereocenters. The number of hydrogen-bond acceptors (Lipinski definition) is 2. The van der Waals surface area contributed by atoms with Gasteiger partial charge < -0.3 is 10.3 Å². The Labute approximate surface area is 162 Å². The lowest BCUT2D eigenvalue weighted by Gasteiger charge is -2.21. The van der Waals surface area contributed by atoms with E-state index in [4.69, 9.17) is 0 Å². The van der Waals surface area contributed by atoms with Crippen LogP contribution in [-0.2, 0) is 6.54 Å². The second-order valence-corrected chi connectivity index (χ2v) is 8.06. The van der Waals surface area contributed by atoms with Crippen LogP contribution in [0.2, 0.25) is 0 Å². The normalized spacial score (nSPS) is 15.4. The SMILES string of the molecule is Cc1c(-c2ccc(CNCCCC3CCCCC3)cc2)ccc2[nH]cnc12. The highest BCUT2D eigenvalue weighted by molar-refractivity contribution is 5.86. The number of nitrogens with one attached hydrogen (secondary N) is 2. The summed E-state index contributed by atoms with van der Waals surface area (Å²) in [4.78, 5) is 7.63. The molecule has 3 aromatic rings. The van der Waals surface area contributed by atoms with E-state index >= 15 is 0 Å². The van der Waals surface area contributed by atoms with Crippen LogP contribution in [0, 0.1) is 12.8 Å². The smallest absolute Gasteiger partial charge is 0.0931 e. The highest BCUT2D eigenvalue weighted by Gasteiger charge is 2.12. The molecule has 1 heterocycles. The third-order valence-electron chi connectivity index (χ3n) is 6.13. The van der Waals surface area contributed by atoms with Crippen LogP contribution in [0.15, 0.2) is 42.7 Å². The van der Waals surface area contributed by atoms with Gasteiger partial charge in [-0.2, -0.15) is 0 Å². The van der Waals surface area contributed by atoms with Gasteiger partial charge in [-0.15, -0.1) is 0 Å². The number of aromatic nitrogens is 2. The maximum absolute atomic E-state index is 4.45. The first-order valence-electron chi connectivity index (χ1n) is 10.5. The number of nitrogens with zero attached hydrogens (tertiary/aromatic N) is 1. The minimum Gasteiger partial charge on any atom is -0.345 e. The van der Waals surface area contributed by atoms with Gasteiger partial charge in [0.05, 0.1) is 17.4 Å². The maximum atomic E-state index is 4.45. The van der Waals surface area contributed by atoms with Crippen LogP contribution in [0.1, 0.15) is 56.1 Å². The third-order valence-corrected chi connectivity index (χ3v) is 6.13. The summed E-state index contributed by atoms with van der Waals surface area (Å²) in [5.74, 6) is 0.995. The van der Waals surface area contributed by atoms with E-state index in [1.165, 1.54) is 67.2 Å². The fourth-order valence-corrected chi connectivity index (χ4v) is 4.49. The van der Waals surface area contributed by atoms with E-state index in [1.807, 2.05) is 0 Å². The molecule has 2 N–H and O–H groups in total. The summed E-state index contributed by atoms with van der Waals surface area (Å²) in [6, 6.07) is 13.3. The van der Waals surface area contributed by atoms with Crippen LogP contribution >= 0.6 is 0 Å². The Kier molecular flexibility index (Phi) is 5.88. The van der Waals surface area contributed by atoms with Crippen molar-refractivity contribution in [2.75, 3.05) is 6.54 Å². The van der Waals surface area contributed by atoms with Gasteiger partial charge in [0.15, 0.2) is 0 Å². The molecule has 0 radical (unpaired) electrons. The number of fused-ring (bicyclic) bond motifs is 1. The topological polar surface area (TPSA) is 40.7 Å². The Balaban J connectivity index is 1.29. The van der Waals surface area contributed by atoms with Crippen molar-refractivity contribution in [1.82, 2.24) is 15.3 Å². The van der Waals surface area contributed by atoms with Crippen molar-refractivity contribution >= 4 is 11.0 Å². The first-order chi connectivity index (χ1) is 13.3. The summed E-state index contributed by atoms with van der Waals surface area (Å²) < 4.78 is 0. The van der Waals surface area contributed by atoms with E-state index in [-0.39, 0.29) is 0 Å². The van der Waals surface area contributed by atoms with Crippen molar-refractivity contribution in [1.29, 1.82) is 0 Å². The van der Waals surface area contributed by atoms with Crippen molar-refractivity contribution in [3.63, 3.8) is 0 Å². The molecule has 27 heavy (non-hydrogen) atoms. The van der Waals surface area contributed by atoms with Crippen LogP contribution in [0.4, 0.5) is 0 Å². The zero-order valence-electron chi connectivity index (χ0n) is 16.4. The Hall–Kier alpha value is -2.13. The van der Waals surface area contributed by atoms with Gasteiger partial charge in [-0.05, 0) is 60.5 Å². The average Bonchev–Trinajstić information content (AvgIpc) is 3.19. The van der Waals surface area contributed by atoms with Gasteiger partial charge in [0.1, 0.15) is 0 Å². The van der Waals surface area contributed by atoms with Crippen molar-refractivity contribution < 1.29 is 0 Å². The quantitative estimate of drug-likeness (QED) is 0.508. The van der Waals surface area contributed by atoms with E-state index in [0.717, 1.165) is 30.0 Å². The number of benzene rings is 2. The van der Waals surface area contributed by atoms with Gasteiger partial charge in [-0.25, -0.2) is 4.98 Å². The second kappa shape index (κ2) is 8.71. The molecular formula is C24H31N3. The third kappa shape index (κ3) is 4.41. The number of aromatic amines is 1. The second-order valence-electron chi connectivity index (χ2n) is 8.06. The van der Waals surface area contributed by atoms with E-state index < -0.39 is 0 Å². The van der Waals surface area contributed by atoms with Crippen molar-refractivity contribution in [2.24, 2.45) is 5.92 Å². The van der Waals surface area contributed by atoms with Gasteiger partial charge in [0.2, 0.25) is 0 Å². The zero-order valence-corrected chi connectivity index (χ0v) is 16.4. The minimum atomic E-state index is 0.961. The van der Waals surface area contributed by atoms with Crippen LogP contribution in [0.25, 0.3) is 22.2 Å². The molecule has 0 spiro atoms. The molecule has 1 aliphatic rings. The van der Waals surface area contributed by atoms with Crippen molar-refractivity contribution in [3.8, 4) is 11.1 Å². The molecule has 3 heteroatoms. The molecule has 1 aromatic heterocycles. The van der Waals surface area contributed by atoms with Gasteiger partial charge in [-0.1, -0.05) is 62.4 Å². The Morgan fingerprint density at radius 2 is 1.85 bits per heavy atom. The molecule has 142 valence electrons. The predicted molar refractivity (Wildman–Crippen MR) is 114 cm³/mol. The number of aryl methyl sites for hydroxylation is 1. The van der Waals surface area contributed by atoms with Gasteiger partial charge >= 0.3 is 0 Å². The molecule has 0 bridgehead atoms. The highest BCUT2D eigenvalue weighted by Crippen LogP contribution is 2.29. The van der Waals surface area contributed by atoms with E-state index in [2.05, 4.69) is 58.6 Å². The number of H-pyrrole nitrogens is 1. The van der Waals surface area contributed by atoms with Crippen LogP contribution < -0.4 is 5.32 Å². The maximum Gasteiger partial charge on any atom is 0.0931 e. The lowest BCUT2D eigenvalue weighted by atomic mass is 9.86. The minimum absolute atomic E-state index is 0.961. The van der Waals surface area contributed by atoms with Crippen molar-refractivity contribution in [2.45, 2.75) is 58.4 Å². The van der Waals surface area contributed by atoms with E-state index in [0.29, 0.717) is 0 Å². The monoisotopic (exact) mass is 361 g/mol. The molecule has 0 atom stereocenters. The molecule has 4 rings (SSSR count). The fraction of sp³-hybridized carbons (Fsp3) is 0.458. The summed E-state index contributed by atoms with van der Waals surface area (Å²) in [6.45, 7) is 4.25. The highest BCUT2D eigenvalue weighted by atomic mass is 14.9. The lowest BCUT2D eigenvalue weighted by molar-refractivity contribution is 0.330. The zero-order chi connectivity index (χ0) is 18.5. The van der Waals surface area contributed by atoms with Crippen LogP contribution in [-0.4, -0.2) is 16.5 Å². The average molecular weight is 362 g/mol. The Morgan fingerprint density at radius 1 is 1.04 bits per heavy atom. The van der Waals surface area contributed by atoms with Crippen molar-refractivity contribution in [3.05, 3.63) is 53.9 Å². The lowest BCUT2D eigenvalue weighted by Crippen LogP contribution is -2.16. The Morgan fingerprint density at radius 3 is 2.67 bits per heavy atom. The predicted octanol–water partition coefficient (Wildman–Crippen LogP) is 5.99. The van der Waals surface area contributed by atoms with E-state index in [9.17, 15) is 0 Å². The molecule has 2 aromatic carbocycles. The van der Waals surface area contributed by atoms with E-state index in [1.54, 1.807) is 6.33 Å². The van der Waals surface area contributed by atoms with Gasteiger partial charge in [0, 0.05) is 6.54 Å². The summed E-state index contributed by atoms with van der Waals surface area (Å²) in [6.07, 6.45) is 11.8.